The van der Waals surface area contributed by atoms with E-state index in [0.717, 1.165) is 17.0 Å². The van der Waals surface area contributed by atoms with Crippen LogP contribution < -0.4 is 4.74 Å². The Bertz CT molecular complexity index is 440. The average molecular weight is 235 g/mol. The summed E-state index contributed by atoms with van der Waals surface area (Å²) in [6, 6.07) is 7.47. The fourth-order valence-electron chi connectivity index (χ4n) is 1.33. The summed E-state index contributed by atoms with van der Waals surface area (Å²) in [7, 11) is 0. The minimum Gasteiger partial charge on any atom is -0.487 e. The van der Waals surface area contributed by atoms with Gasteiger partial charge < -0.3 is 9.84 Å². The maximum atomic E-state index is 9.43. The quantitative estimate of drug-likeness (QED) is 0.886. The number of rotatable bonds is 4. The average Bonchev–Trinajstić information content (AvgIpc) is 2.79. The highest BCUT2D eigenvalue weighted by atomic mass is 32.1. The minimum atomic E-state index is -0.470. The number of aromatic nitrogens is 1. The van der Waals surface area contributed by atoms with Gasteiger partial charge in [0.15, 0.2) is 0 Å². The zero-order chi connectivity index (χ0) is 11.4. The third-order valence-electron chi connectivity index (χ3n) is 2.21. The fourth-order valence-corrected chi connectivity index (χ4v) is 1.87. The van der Waals surface area contributed by atoms with Crippen molar-refractivity contribution in [2.45, 2.75) is 19.6 Å². The first-order valence-electron chi connectivity index (χ1n) is 5.03. The van der Waals surface area contributed by atoms with Gasteiger partial charge in [-0.15, -0.1) is 11.3 Å². The number of nitrogens with zero attached hydrogens (tertiary/aromatic N) is 1. The highest BCUT2D eigenvalue weighted by Gasteiger charge is 2.02. The van der Waals surface area contributed by atoms with Gasteiger partial charge in [-0.3, -0.25) is 0 Å². The number of ether oxygens (including phenoxy) is 1. The van der Waals surface area contributed by atoms with Crippen LogP contribution in [0.3, 0.4) is 0 Å². The van der Waals surface area contributed by atoms with Gasteiger partial charge in [-0.2, -0.15) is 0 Å². The molecular weight excluding hydrogens is 222 g/mol. The molecule has 1 aromatic heterocycles. The van der Waals surface area contributed by atoms with Gasteiger partial charge in [-0.25, -0.2) is 4.98 Å². The normalized spacial score (nSPS) is 12.4. The van der Waals surface area contributed by atoms with Crippen LogP contribution in [-0.4, -0.2) is 10.1 Å². The van der Waals surface area contributed by atoms with Gasteiger partial charge in [-0.05, 0) is 24.6 Å². The Labute approximate surface area is 98.4 Å². The third kappa shape index (κ3) is 2.81. The maximum Gasteiger partial charge on any atom is 0.131 e. The molecule has 3 nitrogen and oxygen atoms in total. The van der Waals surface area contributed by atoms with Gasteiger partial charge in [0.1, 0.15) is 12.4 Å². The van der Waals surface area contributed by atoms with Crippen LogP contribution in [0.15, 0.2) is 35.2 Å². The summed E-state index contributed by atoms with van der Waals surface area (Å²) in [5.41, 5.74) is 3.56. The topological polar surface area (TPSA) is 42.4 Å². The van der Waals surface area contributed by atoms with Gasteiger partial charge in [0.25, 0.3) is 0 Å². The van der Waals surface area contributed by atoms with E-state index >= 15 is 0 Å². The van der Waals surface area contributed by atoms with Crippen molar-refractivity contribution in [2.24, 2.45) is 0 Å². The van der Waals surface area contributed by atoms with E-state index in [2.05, 4.69) is 4.98 Å². The lowest BCUT2D eigenvalue weighted by Gasteiger charge is -2.08. The van der Waals surface area contributed by atoms with E-state index in [4.69, 9.17) is 4.74 Å². The van der Waals surface area contributed by atoms with Crippen molar-refractivity contribution < 1.29 is 9.84 Å². The van der Waals surface area contributed by atoms with Crippen LogP contribution in [0.2, 0.25) is 0 Å². The second-order valence-electron chi connectivity index (χ2n) is 3.52. The van der Waals surface area contributed by atoms with Gasteiger partial charge in [0.2, 0.25) is 0 Å². The molecule has 0 saturated heterocycles. The summed E-state index contributed by atoms with van der Waals surface area (Å²) in [6.07, 6.45) is -0.470. The Morgan fingerprint density at radius 1 is 1.50 bits per heavy atom. The molecule has 2 aromatic rings. The predicted molar refractivity (Wildman–Crippen MR) is 63.5 cm³/mol. The predicted octanol–water partition coefficient (Wildman–Crippen LogP) is 2.78. The molecule has 0 saturated carbocycles. The van der Waals surface area contributed by atoms with E-state index in [1.165, 1.54) is 0 Å². The minimum absolute atomic E-state index is 0.465. The largest absolute Gasteiger partial charge is 0.487 e. The van der Waals surface area contributed by atoms with E-state index in [1.807, 2.05) is 29.6 Å². The molecule has 0 fully saturated rings. The van der Waals surface area contributed by atoms with Crippen molar-refractivity contribution in [1.29, 1.82) is 0 Å². The van der Waals surface area contributed by atoms with Gasteiger partial charge >= 0.3 is 0 Å². The van der Waals surface area contributed by atoms with E-state index in [1.54, 1.807) is 23.8 Å². The van der Waals surface area contributed by atoms with Crippen LogP contribution in [0.25, 0.3) is 0 Å². The lowest BCUT2D eigenvalue weighted by Crippen LogP contribution is -1.97. The first-order valence-corrected chi connectivity index (χ1v) is 5.98. The second kappa shape index (κ2) is 5.09. The van der Waals surface area contributed by atoms with Crippen molar-refractivity contribution in [3.63, 3.8) is 0 Å². The smallest absolute Gasteiger partial charge is 0.131 e. The number of benzene rings is 1. The van der Waals surface area contributed by atoms with Crippen LogP contribution in [0, 0.1) is 0 Å². The highest BCUT2D eigenvalue weighted by molar-refractivity contribution is 7.07. The molecule has 2 rings (SSSR count). The number of hydrogen-bond acceptors (Lipinski definition) is 4. The Balaban J connectivity index is 2.01. The molecule has 1 atom stereocenters. The molecule has 1 unspecified atom stereocenters. The molecule has 1 heterocycles. The number of aliphatic hydroxyl groups excluding tert-OH is 1. The first-order chi connectivity index (χ1) is 7.75. The number of thiazole rings is 1. The van der Waals surface area contributed by atoms with E-state index in [0.29, 0.717) is 6.61 Å². The lowest BCUT2D eigenvalue weighted by molar-refractivity contribution is 0.198. The molecule has 0 aliphatic carbocycles. The van der Waals surface area contributed by atoms with Crippen LogP contribution >= 0.6 is 11.3 Å². The molecule has 0 amide bonds. The van der Waals surface area contributed by atoms with Crippen LogP contribution in [0.5, 0.6) is 5.75 Å². The summed E-state index contributed by atoms with van der Waals surface area (Å²) in [4.78, 5) is 4.13. The Kier molecular flexibility index (Phi) is 3.54. The number of aliphatic hydroxyl groups is 1. The molecule has 4 heteroatoms. The Morgan fingerprint density at radius 2 is 2.38 bits per heavy atom. The molecule has 0 spiro atoms. The summed E-state index contributed by atoms with van der Waals surface area (Å²) >= 11 is 1.55. The zero-order valence-corrected chi connectivity index (χ0v) is 9.78. The van der Waals surface area contributed by atoms with Gasteiger partial charge in [0.05, 0.1) is 17.3 Å². The Morgan fingerprint density at radius 3 is 3.06 bits per heavy atom. The van der Waals surface area contributed by atoms with Crippen molar-refractivity contribution in [3.8, 4) is 5.75 Å². The second-order valence-corrected chi connectivity index (χ2v) is 4.24. The molecular formula is C12H13NO2S. The molecule has 16 heavy (non-hydrogen) atoms. The van der Waals surface area contributed by atoms with E-state index in [-0.39, 0.29) is 0 Å². The molecule has 84 valence electrons. The van der Waals surface area contributed by atoms with Crippen molar-refractivity contribution in [1.82, 2.24) is 4.98 Å². The summed E-state index contributed by atoms with van der Waals surface area (Å²) in [5, 5.41) is 11.4. The highest BCUT2D eigenvalue weighted by Crippen LogP contribution is 2.19. The zero-order valence-electron chi connectivity index (χ0n) is 8.96. The van der Waals surface area contributed by atoms with Crippen LogP contribution in [-0.2, 0) is 6.61 Å². The standard InChI is InChI=1S/C12H13NO2S/c1-9(14)10-3-2-4-12(5-10)15-6-11-7-16-8-13-11/h2-5,7-9,14H,6H2,1H3. The molecule has 0 aliphatic rings. The van der Waals surface area contributed by atoms with Crippen molar-refractivity contribution >= 4 is 11.3 Å². The molecule has 0 bridgehead atoms. The van der Waals surface area contributed by atoms with Gasteiger partial charge in [0, 0.05) is 5.38 Å². The van der Waals surface area contributed by atoms with Crippen molar-refractivity contribution in [2.75, 3.05) is 0 Å². The first kappa shape index (κ1) is 11.1. The van der Waals surface area contributed by atoms with Crippen LogP contribution in [0.1, 0.15) is 24.3 Å². The fraction of sp³-hybridized carbons (Fsp3) is 0.250. The molecule has 0 radical (unpaired) electrons. The summed E-state index contributed by atoms with van der Waals surface area (Å²) in [5.74, 6) is 0.756. The summed E-state index contributed by atoms with van der Waals surface area (Å²) in [6.45, 7) is 2.20. The van der Waals surface area contributed by atoms with Crippen molar-refractivity contribution in [3.05, 3.63) is 46.4 Å². The monoisotopic (exact) mass is 235 g/mol. The van der Waals surface area contributed by atoms with Gasteiger partial charge in [-0.1, -0.05) is 12.1 Å². The SMILES string of the molecule is CC(O)c1cccc(OCc2cscn2)c1. The third-order valence-corrected chi connectivity index (χ3v) is 2.85. The Hall–Kier alpha value is -1.39. The van der Waals surface area contributed by atoms with E-state index in [9.17, 15) is 5.11 Å². The number of hydrogen-bond donors (Lipinski definition) is 1. The molecule has 1 N–H and O–H groups in total. The molecule has 0 aliphatic heterocycles. The maximum absolute atomic E-state index is 9.43. The lowest BCUT2D eigenvalue weighted by atomic mass is 10.1. The summed E-state index contributed by atoms with van der Waals surface area (Å²) < 4.78 is 5.57. The van der Waals surface area contributed by atoms with Crippen LogP contribution in [0.4, 0.5) is 0 Å². The van der Waals surface area contributed by atoms with E-state index < -0.39 is 6.10 Å². The molecule has 1 aromatic carbocycles.